The molecule has 9 heteroatoms. The SMILES string of the molecule is CCN(c1cc2oc(-c3ccc(-n4cccn4)cc3)c(C(=O)NC)c2cc1-c1cccc(C(=O)NC(C)(C)C)c1)C(C)O. The third kappa shape index (κ3) is 6.03. The summed E-state index contributed by atoms with van der Waals surface area (Å²) in [7, 11) is 1.59. The van der Waals surface area contributed by atoms with Crippen molar-refractivity contribution in [1.29, 1.82) is 0 Å². The minimum Gasteiger partial charge on any atom is -0.455 e. The van der Waals surface area contributed by atoms with E-state index < -0.39 is 11.8 Å². The summed E-state index contributed by atoms with van der Waals surface area (Å²) in [6.45, 7) is 9.98. The Balaban J connectivity index is 1.71. The van der Waals surface area contributed by atoms with Crippen LogP contribution in [-0.2, 0) is 0 Å². The van der Waals surface area contributed by atoms with Crippen molar-refractivity contribution in [3.8, 4) is 28.1 Å². The number of rotatable bonds is 8. The van der Waals surface area contributed by atoms with Crippen LogP contribution in [0.4, 0.5) is 5.69 Å². The molecule has 2 aromatic heterocycles. The van der Waals surface area contributed by atoms with Gasteiger partial charge in [0.2, 0.25) is 0 Å². The molecule has 0 spiro atoms. The van der Waals surface area contributed by atoms with Crippen LogP contribution in [0.25, 0.3) is 39.1 Å². The predicted octanol–water partition coefficient (Wildman–Crippen LogP) is 6.01. The number of hydrogen-bond acceptors (Lipinski definition) is 6. The Morgan fingerprint density at radius 3 is 2.37 bits per heavy atom. The van der Waals surface area contributed by atoms with Gasteiger partial charge in [-0.05, 0) is 88.7 Å². The number of anilines is 1. The maximum Gasteiger partial charge on any atom is 0.255 e. The van der Waals surface area contributed by atoms with E-state index in [1.165, 1.54) is 0 Å². The number of furan rings is 1. The van der Waals surface area contributed by atoms with Crippen LogP contribution in [0.2, 0.25) is 0 Å². The van der Waals surface area contributed by atoms with Crippen molar-refractivity contribution < 1.29 is 19.1 Å². The Morgan fingerprint density at radius 2 is 1.77 bits per heavy atom. The standard InChI is InChI=1S/C34H37N5O4/c1-7-38(21(2)40)28-20-29-27(19-26(28)23-10-8-11-24(18-23)32(41)37-34(3,4)5)30(33(42)35-6)31(43-29)22-12-14-25(15-13-22)39-17-9-16-36-39/h8-21,40H,7H2,1-6H3,(H,35,42)(H,37,41). The fraction of sp³-hybridized carbons (Fsp3) is 0.265. The van der Waals surface area contributed by atoms with Gasteiger partial charge in [-0.15, -0.1) is 0 Å². The highest BCUT2D eigenvalue weighted by Gasteiger charge is 2.26. The minimum atomic E-state index is -0.795. The lowest BCUT2D eigenvalue weighted by molar-refractivity contribution is 0.0918. The third-order valence-corrected chi connectivity index (χ3v) is 7.18. The number of fused-ring (bicyclic) bond motifs is 1. The number of aliphatic hydroxyl groups is 1. The average Bonchev–Trinajstić information content (AvgIpc) is 3.64. The monoisotopic (exact) mass is 579 g/mol. The summed E-state index contributed by atoms with van der Waals surface area (Å²) in [4.78, 5) is 28.2. The number of benzene rings is 3. The zero-order chi connectivity index (χ0) is 30.9. The lowest BCUT2D eigenvalue weighted by atomic mass is 9.96. The summed E-state index contributed by atoms with van der Waals surface area (Å²) in [6.07, 6.45) is 2.78. The molecule has 3 N–H and O–H groups in total. The van der Waals surface area contributed by atoms with Crippen molar-refractivity contribution in [3.63, 3.8) is 0 Å². The molecule has 0 saturated heterocycles. The molecule has 2 heterocycles. The van der Waals surface area contributed by atoms with Crippen molar-refractivity contribution in [2.45, 2.75) is 46.4 Å². The second-order valence-electron chi connectivity index (χ2n) is 11.5. The summed E-state index contributed by atoms with van der Waals surface area (Å²) in [5.41, 5.74) is 4.88. The lowest BCUT2D eigenvalue weighted by Gasteiger charge is -2.29. The largest absolute Gasteiger partial charge is 0.455 e. The minimum absolute atomic E-state index is 0.185. The van der Waals surface area contributed by atoms with E-state index in [0.29, 0.717) is 34.4 Å². The number of hydrogen-bond donors (Lipinski definition) is 3. The van der Waals surface area contributed by atoms with Crippen LogP contribution in [0.3, 0.4) is 0 Å². The van der Waals surface area contributed by atoms with Gasteiger partial charge in [0.1, 0.15) is 17.6 Å². The molecular weight excluding hydrogens is 542 g/mol. The highest BCUT2D eigenvalue weighted by molar-refractivity contribution is 6.13. The van der Waals surface area contributed by atoms with Crippen LogP contribution in [0.5, 0.6) is 0 Å². The van der Waals surface area contributed by atoms with Crippen LogP contribution < -0.4 is 15.5 Å². The van der Waals surface area contributed by atoms with Crippen LogP contribution in [0, 0.1) is 0 Å². The van der Waals surface area contributed by atoms with E-state index >= 15 is 0 Å². The first-order valence-electron chi connectivity index (χ1n) is 14.3. The van der Waals surface area contributed by atoms with E-state index in [1.54, 1.807) is 30.9 Å². The molecule has 0 bridgehead atoms. The molecule has 2 amide bonds. The molecule has 222 valence electrons. The molecule has 0 fully saturated rings. The molecule has 0 saturated carbocycles. The van der Waals surface area contributed by atoms with Crippen molar-refractivity contribution >= 4 is 28.5 Å². The lowest BCUT2D eigenvalue weighted by Crippen LogP contribution is -2.40. The molecule has 0 aliphatic carbocycles. The first-order valence-corrected chi connectivity index (χ1v) is 14.3. The second kappa shape index (κ2) is 11.8. The smallest absolute Gasteiger partial charge is 0.255 e. The Kier molecular flexibility index (Phi) is 8.10. The van der Waals surface area contributed by atoms with Gasteiger partial charge >= 0.3 is 0 Å². The molecule has 1 unspecified atom stereocenters. The second-order valence-corrected chi connectivity index (χ2v) is 11.5. The number of nitrogens with zero attached hydrogens (tertiary/aromatic N) is 3. The van der Waals surface area contributed by atoms with Crippen LogP contribution in [-0.4, -0.2) is 52.1 Å². The number of aromatic nitrogens is 2. The Morgan fingerprint density at radius 1 is 1.02 bits per heavy atom. The van der Waals surface area contributed by atoms with Crippen molar-refractivity contribution in [1.82, 2.24) is 20.4 Å². The molecule has 3 aromatic carbocycles. The third-order valence-electron chi connectivity index (χ3n) is 7.18. The Bertz CT molecular complexity index is 1760. The van der Waals surface area contributed by atoms with Gasteiger partial charge in [0.05, 0.1) is 16.9 Å². The first-order chi connectivity index (χ1) is 20.5. The van der Waals surface area contributed by atoms with Gasteiger partial charge in [-0.1, -0.05) is 12.1 Å². The predicted molar refractivity (Wildman–Crippen MR) is 170 cm³/mol. The van der Waals surface area contributed by atoms with E-state index in [1.807, 2.05) is 99.5 Å². The van der Waals surface area contributed by atoms with E-state index in [9.17, 15) is 14.7 Å². The number of aliphatic hydroxyl groups excluding tert-OH is 1. The fourth-order valence-corrected chi connectivity index (χ4v) is 5.22. The Labute approximate surface area is 251 Å². The topological polar surface area (TPSA) is 113 Å². The molecule has 0 radical (unpaired) electrons. The number of carbonyl (C=O) groups is 2. The van der Waals surface area contributed by atoms with E-state index in [2.05, 4.69) is 15.7 Å². The molecule has 1 atom stereocenters. The molecule has 5 rings (SSSR count). The summed E-state index contributed by atoms with van der Waals surface area (Å²) in [5, 5.41) is 21.4. The average molecular weight is 580 g/mol. The van der Waals surface area contributed by atoms with Crippen molar-refractivity contribution in [3.05, 3.63) is 90.3 Å². The number of carbonyl (C=O) groups excluding carboxylic acids is 2. The summed E-state index contributed by atoms with van der Waals surface area (Å²) < 4.78 is 8.16. The highest BCUT2D eigenvalue weighted by Crippen LogP contribution is 2.41. The number of nitrogens with one attached hydrogen (secondary N) is 2. The van der Waals surface area contributed by atoms with Gasteiger partial charge in [0, 0.05) is 59.7 Å². The van der Waals surface area contributed by atoms with Crippen molar-refractivity contribution in [2.24, 2.45) is 0 Å². The number of amides is 2. The van der Waals surface area contributed by atoms with E-state index in [4.69, 9.17) is 4.42 Å². The molecule has 9 nitrogen and oxygen atoms in total. The normalized spacial score (nSPS) is 12.3. The summed E-state index contributed by atoms with van der Waals surface area (Å²) in [6, 6.07) is 20.6. The van der Waals surface area contributed by atoms with E-state index in [0.717, 1.165) is 28.1 Å². The quantitative estimate of drug-likeness (QED) is 0.194. The molecule has 43 heavy (non-hydrogen) atoms. The van der Waals surface area contributed by atoms with Gasteiger partial charge in [-0.3, -0.25) is 9.59 Å². The fourth-order valence-electron chi connectivity index (χ4n) is 5.22. The highest BCUT2D eigenvalue weighted by atomic mass is 16.3. The van der Waals surface area contributed by atoms with Gasteiger partial charge in [0.25, 0.3) is 11.8 Å². The maximum absolute atomic E-state index is 13.4. The zero-order valence-electron chi connectivity index (χ0n) is 25.3. The molecule has 0 aliphatic heterocycles. The molecule has 0 aliphatic rings. The Hall–Kier alpha value is -4.89. The summed E-state index contributed by atoms with van der Waals surface area (Å²) >= 11 is 0. The van der Waals surface area contributed by atoms with Gasteiger partial charge in [-0.25, -0.2) is 4.68 Å². The zero-order valence-corrected chi connectivity index (χ0v) is 25.3. The molecular formula is C34H37N5O4. The van der Waals surface area contributed by atoms with Crippen molar-refractivity contribution in [2.75, 3.05) is 18.5 Å². The van der Waals surface area contributed by atoms with Gasteiger partial charge < -0.3 is 25.1 Å². The van der Waals surface area contributed by atoms with E-state index in [-0.39, 0.29) is 11.8 Å². The first kappa shape index (κ1) is 29.6. The van der Waals surface area contributed by atoms with Gasteiger partial charge in [-0.2, -0.15) is 5.10 Å². The van der Waals surface area contributed by atoms with Gasteiger partial charge in [0.15, 0.2) is 0 Å². The van der Waals surface area contributed by atoms with Crippen LogP contribution >= 0.6 is 0 Å². The summed E-state index contributed by atoms with van der Waals surface area (Å²) in [5.74, 6) is -0.0392. The molecule has 5 aromatic rings. The maximum atomic E-state index is 13.4. The van der Waals surface area contributed by atoms with Crippen LogP contribution in [0.1, 0.15) is 55.3 Å². The van der Waals surface area contributed by atoms with Crippen LogP contribution in [0.15, 0.2) is 83.5 Å².